The zero-order chi connectivity index (χ0) is 14.2. The van der Waals surface area contributed by atoms with Crippen LogP contribution in [-0.2, 0) is 0 Å². The fraction of sp³-hybridized carbons (Fsp3) is 0.667. The molecule has 0 aromatic carbocycles. The largest absolute Gasteiger partial charge is 0.425 e. The van der Waals surface area contributed by atoms with E-state index < -0.39 is 34.0 Å². The molecule has 0 bridgehead atoms. The van der Waals surface area contributed by atoms with Gasteiger partial charge in [0.05, 0.1) is 0 Å². The number of halogens is 11. The summed E-state index contributed by atoms with van der Waals surface area (Å²) in [7, 11) is 0. The first-order valence-electron chi connectivity index (χ1n) is 3.44. The van der Waals surface area contributed by atoms with Crippen LogP contribution in [0.4, 0.5) is 39.5 Å². The van der Waals surface area contributed by atoms with Crippen molar-refractivity contribution in [2.75, 3.05) is 0 Å². The third-order valence-corrected chi connectivity index (χ3v) is 2.98. The number of allylic oxidation sites excluding steroid dienone is 1. The van der Waals surface area contributed by atoms with Crippen molar-refractivity contribution in [3.8, 4) is 0 Å². The molecule has 0 N–H and O–H groups in total. The quantitative estimate of drug-likeness (QED) is 0.495. The minimum atomic E-state index is -6.16. The predicted octanol–water partition coefficient (Wildman–Crippen LogP) is 4.93. The lowest BCUT2D eigenvalue weighted by Crippen LogP contribution is -2.53. The number of hydrogen-bond donors (Lipinski definition) is 0. The Labute approximate surface area is 102 Å². The van der Waals surface area contributed by atoms with E-state index in [1.807, 2.05) is 0 Å². The van der Waals surface area contributed by atoms with Gasteiger partial charge in [0.15, 0.2) is 0 Å². The fourth-order valence-electron chi connectivity index (χ4n) is 0.630. The van der Waals surface area contributed by atoms with Crippen molar-refractivity contribution in [2.45, 2.75) is 23.4 Å². The Kier molecular flexibility index (Phi) is 4.83. The molecule has 0 radical (unpaired) electrons. The maximum atomic E-state index is 13.0. The Balaban J connectivity index is 5.54. The molecular weight excluding hydrogens is 358 g/mol. The van der Waals surface area contributed by atoms with E-state index in [-0.39, 0.29) is 0 Å². The molecule has 0 saturated heterocycles. The second-order valence-electron chi connectivity index (χ2n) is 2.68. The van der Waals surface area contributed by atoms with E-state index in [0.29, 0.717) is 0 Å². The highest BCUT2D eigenvalue weighted by Crippen LogP contribution is 2.51. The van der Waals surface area contributed by atoms with E-state index in [2.05, 4.69) is 11.6 Å². The van der Waals surface area contributed by atoms with E-state index in [1.165, 1.54) is 0 Å². The van der Waals surface area contributed by atoms with Crippen molar-refractivity contribution in [1.82, 2.24) is 0 Å². The molecular formula is C6HBrClF9. The van der Waals surface area contributed by atoms with Gasteiger partial charge >= 0.3 is 12.1 Å². The topological polar surface area (TPSA) is 0 Å². The number of alkyl halides is 8. The summed E-state index contributed by atoms with van der Waals surface area (Å²) >= 11 is 5.78. The lowest BCUT2D eigenvalue weighted by molar-refractivity contribution is -0.261. The minimum absolute atomic E-state index is 1.54. The van der Waals surface area contributed by atoms with Crippen LogP contribution in [-0.4, -0.2) is 23.4 Å². The van der Waals surface area contributed by atoms with Gasteiger partial charge in [0.1, 0.15) is 4.48 Å². The van der Waals surface area contributed by atoms with Crippen molar-refractivity contribution in [3.05, 3.63) is 10.6 Å². The number of rotatable bonds is 3. The summed E-state index contributed by atoms with van der Waals surface area (Å²) in [6, 6.07) is 0. The van der Waals surface area contributed by atoms with Gasteiger partial charge in [0, 0.05) is 0 Å². The molecule has 17 heavy (non-hydrogen) atoms. The summed E-state index contributed by atoms with van der Waals surface area (Å²) in [6.07, 6.45) is -14.3. The van der Waals surface area contributed by atoms with Crippen LogP contribution in [0.1, 0.15) is 0 Å². The molecule has 0 amide bonds. The summed E-state index contributed by atoms with van der Waals surface area (Å²) < 4.78 is 107. The molecule has 0 aromatic heterocycles. The SMILES string of the molecule is FC(F)=C(Br)C(F)(Cl)C(F)(F)C(F)C(F)(F)F. The van der Waals surface area contributed by atoms with Gasteiger partial charge in [0.25, 0.3) is 17.4 Å². The average Bonchev–Trinajstić information content (AvgIpc) is 2.13. The molecule has 0 nitrogen and oxygen atoms in total. The summed E-state index contributed by atoms with van der Waals surface area (Å²) in [5.41, 5.74) is 0. The van der Waals surface area contributed by atoms with Gasteiger partial charge in [-0.1, -0.05) is 11.6 Å². The van der Waals surface area contributed by atoms with Crippen LogP contribution in [0.2, 0.25) is 0 Å². The molecule has 0 aliphatic rings. The summed E-state index contributed by atoms with van der Waals surface area (Å²) in [4.78, 5) is 0. The second-order valence-corrected chi connectivity index (χ2v) is 3.99. The van der Waals surface area contributed by atoms with Gasteiger partial charge in [-0.15, -0.1) is 0 Å². The zero-order valence-corrected chi connectivity index (χ0v) is 9.58. The molecule has 0 saturated carbocycles. The average molecular weight is 359 g/mol. The predicted molar refractivity (Wildman–Crippen MR) is 43.8 cm³/mol. The molecule has 0 aliphatic carbocycles. The highest BCUT2D eigenvalue weighted by atomic mass is 79.9. The van der Waals surface area contributed by atoms with Crippen LogP contribution in [0.5, 0.6) is 0 Å². The van der Waals surface area contributed by atoms with Crippen molar-refractivity contribution in [1.29, 1.82) is 0 Å². The van der Waals surface area contributed by atoms with Crippen molar-refractivity contribution in [3.63, 3.8) is 0 Å². The summed E-state index contributed by atoms with van der Waals surface area (Å²) in [5, 5.41) is -5.05. The van der Waals surface area contributed by atoms with Crippen molar-refractivity contribution >= 4 is 27.5 Å². The highest BCUT2D eigenvalue weighted by molar-refractivity contribution is 9.11. The van der Waals surface area contributed by atoms with Gasteiger partial charge in [-0.3, -0.25) is 0 Å². The van der Waals surface area contributed by atoms with Gasteiger partial charge in [0.2, 0.25) is 0 Å². The Bertz CT molecular complexity index is 316. The highest BCUT2D eigenvalue weighted by Gasteiger charge is 2.69. The molecule has 0 aliphatic heterocycles. The third kappa shape index (κ3) is 3.21. The van der Waals surface area contributed by atoms with E-state index in [0.717, 1.165) is 0 Å². The molecule has 0 aromatic rings. The van der Waals surface area contributed by atoms with Crippen LogP contribution < -0.4 is 0 Å². The summed E-state index contributed by atoms with van der Waals surface area (Å²) in [6.45, 7) is 0. The van der Waals surface area contributed by atoms with Gasteiger partial charge in [-0.05, 0) is 15.9 Å². The van der Waals surface area contributed by atoms with Crippen molar-refractivity contribution in [2.24, 2.45) is 0 Å². The Morgan fingerprint density at radius 1 is 1.00 bits per heavy atom. The number of hydrogen-bond acceptors (Lipinski definition) is 0. The molecule has 2 atom stereocenters. The first-order valence-corrected chi connectivity index (χ1v) is 4.61. The van der Waals surface area contributed by atoms with Crippen LogP contribution >= 0.6 is 27.5 Å². The Morgan fingerprint density at radius 3 is 1.59 bits per heavy atom. The molecule has 0 fully saturated rings. The Morgan fingerprint density at radius 2 is 1.35 bits per heavy atom. The van der Waals surface area contributed by atoms with E-state index in [4.69, 9.17) is 0 Å². The second kappa shape index (κ2) is 4.87. The maximum Gasteiger partial charge on any atom is 0.425 e. The lowest BCUT2D eigenvalue weighted by Gasteiger charge is -2.30. The van der Waals surface area contributed by atoms with Crippen LogP contribution in [0.15, 0.2) is 10.6 Å². The van der Waals surface area contributed by atoms with E-state index in [9.17, 15) is 39.5 Å². The summed E-state index contributed by atoms with van der Waals surface area (Å²) in [5.74, 6) is -5.94. The fourth-order valence-corrected chi connectivity index (χ4v) is 1.06. The maximum absolute atomic E-state index is 13.0. The van der Waals surface area contributed by atoms with Gasteiger partial charge < -0.3 is 0 Å². The first-order chi connectivity index (χ1) is 7.26. The molecule has 0 spiro atoms. The smallest absolute Gasteiger partial charge is 0.230 e. The molecule has 0 rings (SSSR count). The third-order valence-electron chi connectivity index (χ3n) is 1.47. The molecule has 2 unspecified atom stereocenters. The molecule has 11 heteroatoms. The van der Waals surface area contributed by atoms with Gasteiger partial charge in [-0.2, -0.15) is 30.7 Å². The first kappa shape index (κ1) is 16.9. The lowest BCUT2D eigenvalue weighted by atomic mass is 10.1. The standard InChI is InChI=1S/C6HBrClF9/c7-1(2(9)10)4(8,12)5(13,14)3(11)6(15,16)17/h3H. The van der Waals surface area contributed by atoms with E-state index >= 15 is 0 Å². The molecule has 102 valence electrons. The zero-order valence-electron chi connectivity index (χ0n) is 7.23. The van der Waals surface area contributed by atoms with Gasteiger partial charge in [-0.25, -0.2) is 8.78 Å². The van der Waals surface area contributed by atoms with Crippen molar-refractivity contribution < 1.29 is 39.5 Å². The Hall–Kier alpha value is -0.120. The molecule has 0 heterocycles. The van der Waals surface area contributed by atoms with Crippen LogP contribution in [0, 0.1) is 0 Å². The monoisotopic (exact) mass is 358 g/mol. The van der Waals surface area contributed by atoms with Crippen LogP contribution in [0.25, 0.3) is 0 Å². The normalized spacial score (nSPS) is 18.5. The minimum Gasteiger partial charge on any atom is -0.230 e. The van der Waals surface area contributed by atoms with Crippen LogP contribution in [0.3, 0.4) is 0 Å². The van der Waals surface area contributed by atoms with E-state index in [1.54, 1.807) is 15.9 Å².